The van der Waals surface area contributed by atoms with Crippen molar-refractivity contribution in [3.05, 3.63) is 65.4 Å². The second-order valence-electron chi connectivity index (χ2n) is 7.77. The largest absolute Gasteiger partial charge is 0.573 e. The van der Waals surface area contributed by atoms with Crippen molar-refractivity contribution < 1.29 is 27.8 Å². The van der Waals surface area contributed by atoms with E-state index in [-0.39, 0.29) is 24.2 Å². The number of halogens is 3. The van der Waals surface area contributed by atoms with Crippen LogP contribution in [-0.2, 0) is 6.54 Å². The number of carbonyl (C=O) groups is 1. The zero-order valence-corrected chi connectivity index (χ0v) is 16.9. The van der Waals surface area contributed by atoms with Gasteiger partial charge in [0.1, 0.15) is 11.4 Å². The summed E-state index contributed by atoms with van der Waals surface area (Å²) in [6.45, 7) is 0.220. The fourth-order valence-corrected chi connectivity index (χ4v) is 4.03. The van der Waals surface area contributed by atoms with Gasteiger partial charge in [-0.3, -0.25) is 4.79 Å². The summed E-state index contributed by atoms with van der Waals surface area (Å²) >= 11 is 0. The number of hydrogen-bond donors (Lipinski definition) is 2. The highest BCUT2D eigenvalue weighted by molar-refractivity contribution is 5.99. The molecular weight excluding hydrogens is 423 g/mol. The first-order chi connectivity index (χ1) is 15.2. The van der Waals surface area contributed by atoms with Crippen LogP contribution in [0.2, 0.25) is 0 Å². The van der Waals surface area contributed by atoms with Gasteiger partial charge in [-0.2, -0.15) is 5.26 Å². The van der Waals surface area contributed by atoms with Crippen molar-refractivity contribution in [2.24, 2.45) is 0 Å². The molecule has 1 aliphatic rings. The van der Waals surface area contributed by atoms with Crippen molar-refractivity contribution in [3.63, 3.8) is 0 Å². The molecule has 2 aromatic carbocycles. The molecule has 1 heterocycles. The molecule has 0 spiro atoms. The van der Waals surface area contributed by atoms with Gasteiger partial charge >= 0.3 is 6.36 Å². The summed E-state index contributed by atoms with van der Waals surface area (Å²) in [4.78, 5) is 13.0. The molecule has 1 aromatic heterocycles. The topological polar surface area (TPSA) is 87.3 Å². The number of aliphatic hydroxyl groups excluding tert-OH is 1. The molecule has 1 saturated carbocycles. The molecule has 32 heavy (non-hydrogen) atoms. The molecule has 0 radical (unpaired) electrons. The lowest BCUT2D eigenvalue weighted by molar-refractivity contribution is -0.274. The maximum Gasteiger partial charge on any atom is 0.573 e. The second-order valence-corrected chi connectivity index (χ2v) is 7.77. The third kappa shape index (κ3) is 4.70. The summed E-state index contributed by atoms with van der Waals surface area (Å²) in [6, 6.07) is 13.9. The molecule has 9 heteroatoms. The predicted octanol–water partition coefficient (Wildman–Crippen LogP) is 4.10. The van der Waals surface area contributed by atoms with E-state index in [1.165, 1.54) is 24.3 Å². The fourth-order valence-electron chi connectivity index (χ4n) is 4.03. The second kappa shape index (κ2) is 8.55. The number of nitrogens with one attached hydrogen (secondary N) is 1. The Hall–Kier alpha value is -3.51. The molecule has 1 amide bonds. The first kappa shape index (κ1) is 21.7. The molecule has 0 saturated heterocycles. The first-order valence-electron chi connectivity index (χ1n) is 10.1. The Morgan fingerprint density at radius 1 is 1.19 bits per heavy atom. The van der Waals surface area contributed by atoms with Crippen LogP contribution in [0.5, 0.6) is 5.75 Å². The molecular formula is C23H20F3N3O3. The lowest BCUT2D eigenvalue weighted by Gasteiger charge is -2.18. The van der Waals surface area contributed by atoms with Gasteiger partial charge in [-0.15, -0.1) is 13.2 Å². The van der Waals surface area contributed by atoms with E-state index in [4.69, 9.17) is 0 Å². The minimum absolute atomic E-state index is 0.220. The maximum atomic E-state index is 13.0. The smallest absolute Gasteiger partial charge is 0.406 e. The normalized spacial score (nSPS) is 18.5. The summed E-state index contributed by atoms with van der Waals surface area (Å²) < 4.78 is 42.9. The van der Waals surface area contributed by atoms with Crippen molar-refractivity contribution in [1.82, 2.24) is 9.88 Å². The number of carbonyl (C=O) groups excluding carboxylic acids is 1. The highest BCUT2D eigenvalue weighted by Crippen LogP contribution is 2.26. The monoisotopic (exact) mass is 443 g/mol. The minimum atomic E-state index is -4.77. The molecule has 2 atom stereocenters. The number of alkyl halides is 3. The number of hydrogen-bond acceptors (Lipinski definition) is 4. The van der Waals surface area contributed by atoms with Crippen molar-refractivity contribution in [2.75, 3.05) is 0 Å². The zero-order valence-electron chi connectivity index (χ0n) is 16.9. The number of benzene rings is 2. The van der Waals surface area contributed by atoms with Gasteiger partial charge in [-0.05, 0) is 61.2 Å². The lowest BCUT2D eigenvalue weighted by atomic mass is 10.1. The van der Waals surface area contributed by atoms with Gasteiger partial charge in [0.2, 0.25) is 0 Å². The molecule has 1 fully saturated rings. The van der Waals surface area contributed by atoms with E-state index in [0.717, 1.165) is 6.42 Å². The molecule has 0 aliphatic heterocycles. The number of nitriles is 1. The minimum Gasteiger partial charge on any atom is -0.406 e. The quantitative estimate of drug-likeness (QED) is 0.622. The van der Waals surface area contributed by atoms with Crippen LogP contribution in [0.15, 0.2) is 48.5 Å². The molecule has 4 rings (SSSR count). The Balaban J connectivity index is 1.66. The standard InChI is InChI=1S/C23H20F3N3O3/c24-23(25,26)32-17-7-4-14(5-8-17)13-29-19-9-6-15(12-27)10-16(19)11-20(29)22(31)28-18-2-1-3-21(18)30/h4-11,18,21,30H,1-3,13H2,(H,28,31). The Bertz CT molecular complexity index is 1180. The summed E-state index contributed by atoms with van der Waals surface area (Å²) in [6.07, 6.45) is -3.22. The third-order valence-electron chi connectivity index (χ3n) is 5.56. The Morgan fingerprint density at radius 3 is 2.56 bits per heavy atom. The van der Waals surface area contributed by atoms with Crippen LogP contribution in [-0.4, -0.2) is 34.1 Å². The fraction of sp³-hybridized carbons (Fsp3) is 0.304. The van der Waals surface area contributed by atoms with Crippen molar-refractivity contribution in [3.8, 4) is 11.8 Å². The molecule has 6 nitrogen and oxygen atoms in total. The van der Waals surface area contributed by atoms with Gasteiger partial charge in [0.05, 0.1) is 23.8 Å². The highest BCUT2D eigenvalue weighted by Gasteiger charge is 2.31. The van der Waals surface area contributed by atoms with Crippen LogP contribution in [0.25, 0.3) is 10.9 Å². The Kier molecular flexibility index (Phi) is 5.80. The van der Waals surface area contributed by atoms with E-state index in [1.54, 1.807) is 28.8 Å². The number of aromatic nitrogens is 1. The van der Waals surface area contributed by atoms with E-state index in [0.29, 0.717) is 40.6 Å². The van der Waals surface area contributed by atoms with Gasteiger partial charge < -0.3 is 19.7 Å². The highest BCUT2D eigenvalue weighted by atomic mass is 19.4. The number of fused-ring (bicyclic) bond motifs is 1. The van der Waals surface area contributed by atoms with Crippen LogP contribution in [0, 0.1) is 11.3 Å². The van der Waals surface area contributed by atoms with Gasteiger partial charge in [0.25, 0.3) is 5.91 Å². The summed E-state index contributed by atoms with van der Waals surface area (Å²) in [5, 5.41) is 22.8. The van der Waals surface area contributed by atoms with Crippen LogP contribution in [0.3, 0.4) is 0 Å². The average molecular weight is 443 g/mol. The van der Waals surface area contributed by atoms with E-state index in [1.807, 2.05) is 0 Å². The van der Waals surface area contributed by atoms with E-state index in [9.17, 15) is 28.3 Å². The van der Waals surface area contributed by atoms with Crippen molar-refractivity contribution in [1.29, 1.82) is 5.26 Å². The number of aliphatic hydroxyl groups is 1. The van der Waals surface area contributed by atoms with E-state index in [2.05, 4.69) is 16.1 Å². The average Bonchev–Trinajstić information content (AvgIpc) is 3.31. The molecule has 3 aromatic rings. The third-order valence-corrected chi connectivity index (χ3v) is 5.56. The van der Waals surface area contributed by atoms with Gasteiger partial charge in [0.15, 0.2) is 0 Å². The Labute approximate surface area is 181 Å². The first-order valence-corrected chi connectivity index (χ1v) is 10.1. The van der Waals surface area contributed by atoms with Gasteiger partial charge in [-0.25, -0.2) is 0 Å². The summed E-state index contributed by atoms with van der Waals surface area (Å²) in [7, 11) is 0. The van der Waals surface area contributed by atoms with E-state index >= 15 is 0 Å². The Morgan fingerprint density at radius 2 is 1.94 bits per heavy atom. The van der Waals surface area contributed by atoms with Crippen LogP contribution in [0.1, 0.15) is 40.9 Å². The van der Waals surface area contributed by atoms with Crippen molar-refractivity contribution >= 4 is 16.8 Å². The number of ether oxygens (including phenoxy) is 1. The summed E-state index contributed by atoms with van der Waals surface area (Å²) in [5.74, 6) is -0.687. The molecule has 0 bridgehead atoms. The van der Waals surface area contributed by atoms with Crippen LogP contribution < -0.4 is 10.1 Å². The number of nitrogens with zero attached hydrogens (tertiary/aromatic N) is 2. The zero-order chi connectivity index (χ0) is 22.9. The number of amides is 1. The van der Waals surface area contributed by atoms with Crippen LogP contribution >= 0.6 is 0 Å². The summed E-state index contributed by atoms with van der Waals surface area (Å²) in [5.41, 5.74) is 2.15. The molecule has 1 aliphatic carbocycles. The maximum absolute atomic E-state index is 13.0. The van der Waals surface area contributed by atoms with Gasteiger partial charge in [0, 0.05) is 17.4 Å². The van der Waals surface area contributed by atoms with Gasteiger partial charge in [-0.1, -0.05) is 12.1 Å². The molecule has 2 N–H and O–H groups in total. The SMILES string of the molecule is N#Cc1ccc2c(c1)cc(C(=O)NC1CCCC1O)n2Cc1ccc(OC(F)(F)F)cc1. The van der Waals surface area contributed by atoms with E-state index < -0.39 is 12.5 Å². The number of rotatable bonds is 5. The lowest BCUT2D eigenvalue weighted by Crippen LogP contribution is -2.40. The van der Waals surface area contributed by atoms with Crippen LogP contribution in [0.4, 0.5) is 13.2 Å². The molecule has 2 unspecified atom stereocenters. The predicted molar refractivity (Wildman–Crippen MR) is 110 cm³/mol. The van der Waals surface area contributed by atoms with Crippen molar-refractivity contribution in [2.45, 2.75) is 44.3 Å². The molecule has 166 valence electrons.